The van der Waals surface area contributed by atoms with Crippen molar-refractivity contribution < 1.29 is 4.79 Å². The molecule has 3 aromatic rings. The van der Waals surface area contributed by atoms with E-state index in [1.807, 2.05) is 12.3 Å². The molecule has 0 aliphatic carbocycles. The second-order valence-electron chi connectivity index (χ2n) is 6.80. The molecule has 0 saturated carbocycles. The predicted octanol–water partition coefficient (Wildman–Crippen LogP) is 2.93. The summed E-state index contributed by atoms with van der Waals surface area (Å²) in [6.45, 7) is 3.90. The van der Waals surface area contributed by atoms with Crippen molar-refractivity contribution in [1.82, 2.24) is 25.2 Å². The van der Waals surface area contributed by atoms with E-state index >= 15 is 0 Å². The van der Waals surface area contributed by atoms with E-state index in [1.54, 1.807) is 6.20 Å². The van der Waals surface area contributed by atoms with Gasteiger partial charge in [-0.2, -0.15) is 0 Å². The van der Waals surface area contributed by atoms with Crippen LogP contribution in [-0.4, -0.2) is 32.3 Å². The first-order valence-corrected chi connectivity index (χ1v) is 9.06. The maximum absolute atomic E-state index is 11.1. The summed E-state index contributed by atoms with van der Waals surface area (Å²) in [7, 11) is 0. The fraction of sp³-hybridized carbons (Fsp3) is 0.350. The zero-order valence-corrected chi connectivity index (χ0v) is 14.9. The van der Waals surface area contributed by atoms with Gasteiger partial charge in [-0.15, -0.1) is 0 Å². The molecule has 26 heavy (non-hydrogen) atoms. The molecule has 0 spiro atoms. The first-order chi connectivity index (χ1) is 12.7. The molecule has 1 atom stereocenters. The number of amides is 1. The van der Waals surface area contributed by atoms with Crippen LogP contribution in [0.15, 0.2) is 42.7 Å². The summed E-state index contributed by atoms with van der Waals surface area (Å²) < 4.78 is 0. The Bertz CT molecular complexity index is 919. The van der Waals surface area contributed by atoms with Gasteiger partial charge in [0, 0.05) is 36.8 Å². The minimum Gasteiger partial charge on any atom is -0.361 e. The van der Waals surface area contributed by atoms with E-state index in [2.05, 4.69) is 44.5 Å². The molecule has 134 valence electrons. The number of H-pyrrole nitrogens is 1. The maximum Gasteiger partial charge on any atom is 0.217 e. The van der Waals surface area contributed by atoms with Gasteiger partial charge in [0.1, 0.15) is 5.82 Å². The highest BCUT2D eigenvalue weighted by Gasteiger charge is 2.28. The Hall–Kier alpha value is -2.73. The smallest absolute Gasteiger partial charge is 0.217 e. The van der Waals surface area contributed by atoms with Crippen molar-refractivity contribution in [3.63, 3.8) is 0 Å². The number of likely N-dealkylation sites (tertiary alicyclic amines) is 1. The quantitative estimate of drug-likeness (QED) is 0.743. The SMILES string of the molecule is CC(=O)NCc1ccnc([C@H]2CCCN2Cc2cccc3[nH]ccc23)n1. The van der Waals surface area contributed by atoms with Crippen LogP contribution in [0.2, 0.25) is 0 Å². The van der Waals surface area contributed by atoms with Crippen molar-refractivity contribution in [2.45, 2.75) is 38.9 Å². The lowest BCUT2D eigenvalue weighted by atomic mass is 10.1. The molecule has 0 unspecified atom stereocenters. The number of aromatic nitrogens is 3. The molecule has 6 nitrogen and oxygen atoms in total. The van der Waals surface area contributed by atoms with E-state index in [1.165, 1.54) is 23.4 Å². The van der Waals surface area contributed by atoms with Gasteiger partial charge in [-0.3, -0.25) is 9.69 Å². The van der Waals surface area contributed by atoms with Crippen LogP contribution in [-0.2, 0) is 17.9 Å². The van der Waals surface area contributed by atoms with Crippen molar-refractivity contribution in [3.8, 4) is 0 Å². The molecule has 0 radical (unpaired) electrons. The Morgan fingerprint density at radius 1 is 1.35 bits per heavy atom. The van der Waals surface area contributed by atoms with E-state index in [0.29, 0.717) is 6.54 Å². The summed E-state index contributed by atoms with van der Waals surface area (Å²) in [6.07, 6.45) is 5.99. The summed E-state index contributed by atoms with van der Waals surface area (Å²) in [5.74, 6) is 0.804. The van der Waals surface area contributed by atoms with Crippen molar-refractivity contribution in [1.29, 1.82) is 0 Å². The Kier molecular flexibility index (Phi) is 4.67. The molecule has 1 aliphatic heterocycles. The van der Waals surface area contributed by atoms with Crippen LogP contribution in [0, 0.1) is 0 Å². The number of carbonyl (C=O) groups excluding carboxylic acids is 1. The minimum atomic E-state index is -0.0488. The van der Waals surface area contributed by atoms with Gasteiger partial charge in [-0.05, 0) is 43.1 Å². The second-order valence-corrected chi connectivity index (χ2v) is 6.80. The fourth-order valence-electron chi connectivity index (χ4n) is 3.70. The molecule has 1 aromatic carbocycles. The van der Waals surface area contributed by atoms with Crippen LogP contribution in [0.1, 0.15) is 42.9 Å². The normalized spacial score (nSPS) is 17.7. The summed E-state index contributed by atoms with van der Waals surface area (Å²) in [4.78, 5) is 26.1. The molecule has 1 amide bonds. The van der Waals surface area contributed by atoms with Crippen molar-refractivity contribution in [2.24, 2.45) is 0 Å². The topological polar surface area (TPSA) is 73.9 Å². The second kappa shape index (κ2) is 7.25. The standard InChI is InChI=1S/C20H23N5O/c1-14(26)23-12-16-7-9-22-20(24-16)19-6-3-11-25(19)13-15-4-2-5-18-17(15)8-10-21-18/h2,4-5,7-10,19,21H,3,6,11-13H2,1H3,(H,23,26)/t19-/m1/s1. The van der Waals surface area contributed by atoms with Gasteiger partial charge < -0.3 is 10.3 Å². The Balaban J connectivity index is 1.54. The third-order valence-electron chi connectivity index (χ3n) is 4.97. The molecule has 3 heterocycles. The molecule has 4 rings (SSSR count). The van der Waals surface area contributed by atoms with Crippen molar-refractivity contribution in [3.05, 3.63) is 59.8 Å². The van der Waals surface area contributed by atoms with Crippen LogP contribution >= 0.6 is 0 Å². The number of hydrogen-bond donors (Lipinski definition) is 2. The average molecular weight is 349 g/mol. The highest BCUT2D eigenvalue weighted by molar-refractivity contribution is 5.82. The summed E-state index contributed by atoms with van der Waals surface area (Å²) in [6, 6.07) is 10.6. The number of hydrogen-bond acceptors (Lipinski definition) is 4. The summed E-state index contributed by atoms with van der Waals surface area (Å²) in [5, 5.41) is 4.08. The molecule has 6 heteroatoms. The Labute approximate surface area is 152 Å². The van der Waals surface area contributed by atoms with Gasteiger partial charge in [-0.1, -0.05) is 12.1 Å². The molecular weight excluding hydrogens is 326 g/mol. The van der Waals surface area contributed by atoms with Crippen molar-refractivity contribution >= 4 is 16.8 Å². The largest absolute Gasteiger partial charge is 0.361 e. The number of nitrogens with one attached hydrogen (secondary N) is 2. The minimum absolute atomic E-state index is 0.0488. The van der Waals surface area contributed by atoms with Crippen molar-refractivity contribution in [2.75, 3.05) is 6.54 Å². The molecule has 1 saturated heterocycles. The number of nitrogens with zero attached hydrogens (tertiary/aromatic N) is 3. The monoisotopic (exact) mass is 349 g/mol. The summed E-state index contributed by atoms with van der Waals surface area (Å²) >= 11 is 0. The van der Waals surface area contributed by atoms with Crippen LogP contribution in [0.25, 0.3) is 10.9 Å². The zero-order valence-electron chi connectivity index (χ0n) is 14.9. The first kappa shape index (κ1) is 16.7. The van der Waals surface area contributed by atoms with Gasteiger partial charge in [-0.25, -0.2) is 9.97 Å². The lowest BCUT2D eigenvalue weighted by Gasteiger charge is -2.24. The number of benzene rings is 1. The molecule has 2 N–H and O–H groups in total. The maximum atomic E-state index is 11.1. The van der Waals surface area contributed by atoms with Gasteiger partial charge in [0.2, 0.25) is 5.91 Å². The molecule has 1 aliphatic rings. The lowest BCUT2D eigenvalue weighted by Crippen LogP contribution is -2.25. The van der Waals surface area contributed by atoms with Gasteiger partial charge >= 0.3 is 0 Å². The van der Waals surface area contributed by atoms with E-state index in [-0.39, 0.29) is 11.9 Å². The number of rotatable bonds is 5. The van der Waals surface area contributed by atoms with Gasteiger partial charge in [0.25, 0.3) is 0 Å². The van der Waals surface area contributed by atoms with E-state index in [4.69, 9.17) is 4.98 Å². The van der Waals surface area contributed by atoms with Gasteiger partial charge in [0.05, 0.1) is 18.3 Å². The zero-order chi connectivity index (χ0) is 17.9. The van der Waals surface area contributed by atoms with E-state index in [0.717, 1.165) is 37.4 Å². The molecule has 1 fully saturated rings. The highest BCUT2D eigenvalue weighted by atomic mass is 16.1. The van der Waals surface area contributed by atoms with E-state index in [9.17, 15) is 4.79 Å². The van der Waals surface area contributed by atoms with Crippen LogP contribution in [0.3, 0.4) is 0 Å². The molecular formula is C20H23N5O. The number of fused-ring (bicyclic) bond motifs is 1. The third kappa shape index (κ3) is 3.46. The van der Waals surface area contributed by atoms with Crippen LogP contribution < -0.4 is 5.32 Å². The fourth-order valence-corrected chi connectivity index (χ4v) is 3.70. The first-order valence-electron chi connectivity index (χ1n) is 9.06. The Morgan fingerprint density at radius 3 is 3.15 bits per heavy atom. The average Bonchev–Trinajstić information content (AvgIpc) is 3.30. The third-order valence-corrected chi connectivity index (χ3v) is 4.97. The highest BCUT2D eigenvalue weighted by Crippen LogP contribution is 2.32. The summed E-state index contributed by atoms with van der Waals surface area (Å²) in [5.41, 5.74) is 3.35. The Morgan fingerprint density at radius 2 is 2.27 bits per heavy atom. The number of carbonyl (C=O) groups is 1. The van der Waals surface area contributed by atoms with E-state index < -0.39 is 0 Å². The van der Waals surface area contributed by atoms with Crippen LogP contribution in [0.4, 0.5) is 0 Å². The lowest BCUT2D eigenvalue weighted by molar-refractivity contribution is -0.119. The predicted molar refractivity (Wildman–Crippen MR) is 100 cm³/mol. The van der Waals surface area contributed by atoms with Gasteiger partial charge in [0.15, 0.2) is 0 Å². The molecule has 0 bridgehead atoms. The molecule has 2 aromatic heterocycles. The number of aromatic amines is 1. The van der Waals surface area contributed by atoms with Crippen LogP contribution in [0.5, 0.6) is 0 Å².